The Morgan fingerprint density at radius 1 is 1.23 bits per heavy atom. The van der Waals surface area contributed by atoms with Crippen molar-refractivity contribution >= 4 is 17.9 Å². The molecule has 1 aromatic rings. The molecule has 0 radical (unpaired) electrons. The first-order chi connectivity index (χ1) is 12.2. The Kier molecular flexibility index (Phi) is 6.76. The van der Waals surface area contributed by atoms with Crippen molar-refractivity contribution in [2.24, 2.45) is 4.99 Å². The van der Waals surface area contributed by atoms with Crippen molar-refractivity contribution in [1.82, 2.24) is 14.0 Å². The maximum Gasteiger partial charge on any atom is 0.267 e. The number of rotatable bonds is 6. The Hall–Kier alpha value is -1.51. The van der Waals surface area contributed by atoms with E-state index in [1.165, 1.54) is 4.57 Å². The summed E-state index contributed by atoms with van der Waals surface area (Å²) < 4.78 is 8.82. The van der Waals surface area contributed by atoms with Gasteiger partial charge in [0.15, 0.2) is 4.77 Å². The number of hydrogen-bond acceptors (Lipinski definition) is 6. The molecular weight excluding hydrogens is 352 g/mol. The van der Waals surface area contributed by atoms with Gasteiger partial charge in [-0.3, -0.25) is 23.8 Å². The van der Waals surface area contributed by atoms with Crippen LogP contribution >= 0.6 is 12.2 Å². The van der Waals surface area contributed by atoms with E-state index in [0.29, 0.717) is 30.1 Å². The summed E-state index contributed by atoms with van der Waals surface area (Å²) in [5.41, 5.74) is 0.335. The molecule has 2 rings (SSSR count). The topological polar surface area (TPSA) is 72.0 Å². The van der Waals surface area contributed by atoms with Crippen molar-refractivity contribution in [3.05, 3.63) is 20.7 Å². The summed E-state index contributed by atoms with van der Waals surface area (Å²) in [5.74, 6) is -0.0994. The van der Waals surface area contributed by atoms with E-state index >= 15 is 0 Å². The summed E-state index contributed by atoms with van der Waals surface area (Å²) in [5, 5.41) is 10.6. The molecule has 1 fully saturated rings. The number of nitrogens with zero attached hydrogens (tertiary/aromatic N) is 4. The second kappa shape index (κ2) is 8.45. The van der Waals surface area contributed by atoms with Gasteiger partial charge in [0.25, 0.3) is 5.56 Å². The van der Waals surface area contributed by atoms with Crippen LogP contribution in [0.15, 0.2) is 9.79 Å². The zero-order valence-electron chi connectivity index (χ0n) is 16.4. The fraction of sp³-hybridized carbons (Fsp3) is 0.722. The van der Waals surface area contributed by atoms with Crippen LogP contribution in [0.1, 0.15) is 40.2 Å². The molecule has 0 atom stereocenters. The molecule has 1 aliphatic heterocycles. The molecule has 8 heteroatoms. The van der Waals surface area contributed by atoms with Gasteiger partial charge >= 0.3 is 0 Å². The Morgan fingerprint density at radius 2 is 1.81 bits per heavy atom. The van der Waals surface area contributed by atoms with Crippen LogP contribution in [0.3, 0.4) is 0 Å². The molecule has 0 aliphatic carbocycles. The van der Waals surface area contributed by atoms with Crippen molar-refractivity contribution in [2.75, 3.05) is 32.8 Å². The van der Waals surface area contributed by atoms with Crippen LogP contribution in [0.25, 0.3) is 0 Å². The van der Waals surface area contributed by atoms with E-state index in [1.807, 2.05) is 13.8 Å². The average Bonchev–Trinajstić information content (AvgIpc) is 2.61. The highest BCUT2D eigenvalue weighted by Gasteiger charge is 2.28. The normalized spacial score (nSPS) is 16.9. The van der Waals surface area contributed by atoms with E-state index in [0.717, 1.165) is 26.3 Å². The second-order valence-electron chi connectivity index (χ2n) is 7.09. The average molecular weight is 383 g/mol. The largest absolute Gasteiger partial charge is 0.494 e. The SMILES string of the molecule is CCn1c(O)c(C(C)=NCC(C)(C)N2CCOCC2)c(=O)n(CC)c1=S. The van der Waals surface area contributed by atoms with Gasteiger partial charge in [-0.15, -0.1) is 0 Å². The predicted molar refractivity (Wildman–Crippen MR) is 106 cm³/mol. The minimum absolute atomic E-state index is 0.0994. The molecule has 0 saturated carbocycles. The van der Waals surface area contributed by atoms with Gasteiger partial charge in [0.2, 0.25) is 5.88 Å². The van der Waals surface area contributed by atoms with E-state index in [4.69, 9.17) is 17.0 Å². The van der Waals surface area contributed by atoms with Gasteiger partial charge in [-0.1, -0.05) is 0 Å². The Morgan fingerprint density at radius 3 is 2.35 bits per heavy atom. The fourth-order valence-corrected chi connectivity index (χ4v) is 3.66. The van der Waals surface area contributed by atoms with Crippen LogP contribution in [-0.4, -0.2) is 63.2 Å². The van der Waals surface area contributed by atoms with Crippen LogP contribution < -0.4 is 5.56 Å². The third-order valence-corrected chi connectivity index (χ3v) is 5.41. The molecule has 1 N–H and O–H groups in total. The summed E-state index contributed by atoms with van der Waals surface area (Å²) in [4.78, 5) is 19.8. The van der Waals surface area contributed by atoms with Gasteiger partial charge in [0.1, 0.15) is 5.56 Å². The molecule has 0 unspecified atom stereocenters. The van der Waals surface area contributed by atoms with Crippen molar-refractivity contribution in [3.63, 3.8) is 0 Å². The van der Waals surface area contributed by atoms with Gasteiger partial charge in [0.05, 0.1) is 19.8 Å². The molecule has 0 aromatic carbocycles. The summed E-state index contributed by atoms with van der Waals surface area (Å²) in [6, 6.07) is 0. The van der Waals surface area contributed by atoms with Crippen molar-refractivity contribution < 1.29 is 9.84 Å². The monoisotopic (exact) mass is 382 g/mol. The highest BCUT2D eigenvalue weighted by atomic mass is 32.1. The number of morpholine rings is 1. The molecule has 0 amide bonds. The van der Waals surface area contributed by atoms with Gasteiger partial charge in [0, 0.05) is 37.4 Å². The van der Waals surface area contributed by atoms with Crippen LogP contribution in [0.5, 0.6) is 5.88 Å². The first-order valence-corrected chi connectivity index (χ1v) is 9.56. The minimum Gasteiger partial charge on any atom is -0.494 e. The Balaban J connectivity index is 2.39. The summed E-state index contributed by atoms with van der Waals surface area (Å²) in [6.07, 6.45) is 0. The van der Waals surface area contributed by atoms with E-state index in [2.05, 4.69) is 23.7 Å². The highest BCUT2D eigenvalue weighted by Crippen LogP contribution is 2.19. The molecule has 1 aliphatic rings. The first kappa shape index (κ1) is 20.8. The zero-order chi connectivity index (χ0) is 19.5. The molecular formula is C18H30N4O3S. The lowest BCUT2D eigenvalue weighted by molar-refractivity contribution is -0.00679. The maximum atomic E-state index is 12.8. The van der Waals surface area contributed by atoms with Gasteiger partial charge in [-0.2, -0.15) is 0 Å². The number of aromatic nitrogens is 2. The third kappa shape index (κ3) is 4.07. The smallest absolute Gasteiger partial charge is 0.267 e. The molecule has 1 saturated heterocycles. The standard InChI is InChI=1S/C18H30N4O3S/c1-6-21-15(23)14(16(24)22(7-2)17(21)26)13(3)19-12-18(4,5)20-8-10-25-11-9-20/h23H,6-12H2,1-5H3. The third-order valence-electron chi connectivity index (χ3n) is 4.96. The zero-order valence-corrected chi connectivity index (χ0v) is 17.2. The lowest BCUT2D eigenvalue weighted by atomic mass is 10.0. The number of ether oxygens (including phenoxy) is 1. The molecule has 0 spiro atoms. The lowest BCUT2D eigenvalue weighted by Crippen LogP contribution is -2.51. The molecule has 26 heavy (non-hydrogen) atoms. The Bertz CT molecular complexity index is 789. The Labute approximate surface area is 159 Å². The predicted octanol–water partition coefficient (Wildman–Crippen LogP) is 2.04. The summed E-state index contributed by atoms with van der Waals surface area (Å²) in [6.45, 7) is 14.5. The van der Waals surface area contributed by atoms with Crippen molar-refractivity contribution in [1.29, 1.82) is 0 Å². The lowest BCUT2D eigenvalue weighted by Gasteiger charge is -2.39. The molecule has 0 bridgehead atoms. The fourth-order valence-electron chi connectivity index (χ4n) is 3.23. The number of hydrogen-bond donors (Lipinski definition) is 1. The second-order valence-corrected chi connectivity index (χ2v) is 7.45. The summed E-state index contributed by atoms with van der Waals surface area (Å²) >= 11 is 5.33. The van der Waals surface area contributed by atoms with Crippen LogP contribution in [0, 0.1) is 4.77 Å². The summed E-state index contributed by atoms with van der Waals surface area (Å²) in [7, 11) is 0. The van der Waals surface area contributed by atoms with E-state index in [-0.39, 0.29) is 22.5 Å². The minimum atomic E-state index is -0.287. The molecule has 7 nitrogen and oxygen atoms in total. The highest BCUT2D eigenvalue weighted by molar-refractivity contribution is 7.71. The van der Waals surface area contributed by atoms with Gasteiger partial charge in [-0.05, 0) is 46.8 Å². The number of aromatic hydroxyl groups is 1. The van der Waals surface area contributed by atoms with E-state index in [9.17, 15) is 9.90 Å². The quantitative estimate of drug-likeness (QED) is 0.602. The molecule has 146 valence electrons. The maximum absolute atomic E-state index is 12.8. The van der Waals surface area contributed by atoms with Crippen LogP contribution in [0.4, 0.5) is 0 Å². The molecule has 1 aromatic heterocycles. The van der Waals surface area contributed by atoms with Gasteiger partial charge < -0.3 is 9.84 Å². The van der Waals surface area contributed by atoms with Crippen molar-refractivity contribution in [2.45, 2.75) is 53.2 Å². The van der Waals surface area contributed by atoms with Crippen molar-refractivity contribution in [3.8, 4) is 5.88 Å². The molecule has 2 heterocycles. The van der Waals surface area contributed by atoms with Crippen LogP contribution in [0.2, 0.25) is 0 Å². The van der Waals surface area contributed by atoms with E-state index in [1.54, 1.807) is 11.5 Å². The van der Waals surface area contributed by atoms with Gasteiger partial charge in [-0.25, -0.2) is 0 Å². The first-order valence-electron chi connectivity index (χ1n) is 9.15. The van der Waals surface area contributed by atoms with Crippen LogP contribution in [-0.2, 0) is 17.8 Å². The number of aliphatic imine (C=N–C) groups is 1. The van der Waals surface area contributed by atoms with E-state index < -0.39 is 0 Å².